The van der Waals surface area contributed by atoms with Gasteiger partial charge in [0.25, 0.3) is 0 Å². The first kappa shape index (κ1) is 10.3. The van der Waals surface area contributed by atoms with Crippen molar-refractivity contribution in [3.63, 3.8) is 0 Å². The molecule has 3 nitrogen and oxygen atoms in total. The van der Waals surface area contributed by atoms with Gasteiger partial charge in [0, 0.05) is 5.56 Å². The fraction of sp³-hybridized carbons (Fsp3) is 0.455. The van der Waals surface area contributed by atoms with Crippen LogP contribution >= 0.6 is 12.6 Å². The molecule has 0 saturated carbocycles. The summed E-state index contributed by atoms with van der Waals surface area (Å²) in [5.74, 6) is 0.0274. The summed E-state index contributed by atoms with van der Waals surface area (Å²) < 4.78 is 0. The number of nitrogens with zero attached hydrogens (tertiary/aromatic N) is 2. The summed E-state index contributed by atoms with van der Waals surface area (Å²) in [6.07, 6.45) is 1.72. The van der Waals surface area contributed by atoms with Crippen molar-refractivity contribution >= 4 is 12.6 Å². The Morgan fingerprint density at radius 3 is 2.80 bits per heavy atom. The Morgan fingerprint density at radius 2 is 2.20 bits per heavy atom. The van der Waals surface area contributed by atoms with Gasteiger partial charge in [-0.1, -0.05) is 13.8 Å². The van der Waals surface area contributed by atoms with Crippen molar-refractivity contribution in [2.75, 3.05) is 0 Å². The Labute approximate surface area is 94.2 Å². The van der Waals surface area contributed by atoms with Crippen LogP contribution in [0.1, 0.15) is 37.0 Å². The zero-order chi connectivity index (χ0) is 11.2. The van der Waals surface area contributed by atoms with E-state index in [2.05, 4.69) is 37.5 Å². The number of rotatable bonds is 0. The normalized spacial score (nSPS) is 17.2. The Hall–Kier alpha value is -1.21. The fourth-order valence-electron chi connectivity index (χ4n) is 2.25. The molecule has 1 aliphatic carbocycles. The zero-order valence-corrected chi connectivity index (χ0v) is 9.60. The third-order valence-corrected chi connectivity index (χ3v) is 3.37. The standard InChI is InChI=1S/C11H12N2OS/c1-11(2)4-3-6-8(11)7(5-12)10(15)13-9(6)14/h3-4H2,1-2H3,(H2,13,14,15). The molecule has 0 atom stereocenters. The van der Waals surface area contributed by atoms with Crippen LogP contribution in [0.5, 0.6) is 5.88 Å². The monoisotopic (exact) mass is 220 g/mol. The maximum absolute atomic E-state index is 9.69. The molecule has 0 radical (unpaired) electrons. The molecule has 0 spiro atoms. The van der Waals surface area contributed by atoms with Gasteiger partial charge in [0.1, 0.15) is 11.1 Å². The topological polar surface area (TPSA) is 56.9 Å². The van der Waals surface area contributed by atoms with Crippen LogP contribution < -0.4 is 0 Å². The number of aromatic hydroxyl groups is 1. The lowest BCUT2D eigenvalue weighted by molar-refractivity contribution is 0.442. The number of thiol groups is 1. The highest BCUT2D eigenvalue weighted by atomic mass is 32.1. The van der Waals surface area contributed by atoms with Crippen molar-refractivity contribution in [1.82, 2.24) is 4.98 Å². The van der Waals surface area contributed by atoms with Crippen LogP contribution in [0.15, 0.2) is 5.03 Å². The summed E-state index contributed by atoms with van der Waals surface area (Å²) in [4.78, 5) is 3.88. The lowest BCUT2D eigenvalue weighted by Crippen LogP contribution is -2.14. The van der Waals surface area contributed by atoms with E-state index in [0.29, 0.717) is 10.6 Å². The van der Waals surface area contributed by atoms with E-state index in [4.69, 9.17) is 5.26 Å². The number of fused-ring (bicyclic) bond motifs is 1. The van der Waals surface area contributed by atoms with Crippen LogP contribution in [0.3, 0.4) is 0 Å². The molecule has 2 rings (SSSR count). The Bertz CT molecular complexity index is 474. The highest BCUT2D eigenvalue weighted by Gasteiger charge is 2.35. The van der Waals surface area contributed by atoms with E-state index in [1.165, 1.54) is 0 Å². The third kappa shape index (κ3) is 1.38. The molecule has 4 heteroatoms. The quantitative estimate of drug-likeness (QED) is 0.659. The van der Waals surface area contributed by atoms with Crippen molar-refractivity contribution in [2.45, 2.75) is 37.1 Å². The second-order valence-electron chi connectivity index (χ2n) is 4.48. The van der Waals surface area contributed by atoms with Gasteiger partial charge in [0.15, 0.2) is 0 Å². The summed E-state index contributed by atoms with van der Waals surface area (Å²) in [5, 5.41) is 19.1. The van der Waals surface area contributed by atoms with Gasteiger partial charge in [-0.05, 0) is 23.8 Å². The van der Waals surface area contributed by atoms with Gasteiger partial charge >= 0.3 is 0 Å². The number of nitriles is 1. The predicted molar refractivity (Wildman–Crippen MR) is 59.2 cm³/mol. The SMILES string of the molecule is CC1(C)CCc2c(O)nc(S)c(C#N)c21. The minimum Gasteiger partial charge on any atom is -0.493 e. The number of pyridine rings is 1. The average molecular weight is 220 g/mol. The van der Waals surface area contributed by atoms with Crippen molar-refractivity contribution in [2.24, 2.45) is 0 Å². The van der Waals surface area contributed by atoms with Crippen molar-refractivity contribution in [3.8, 4) is 11.9 Å². The fourth-order valence-corrected chi connectivity index (χ4v) is 2.51. The third-order valence-electron chi connectivity index (χ3n) is 3.05. The first-order valence-electron chi connectivity index (χ1n) is 4.83. The summed E-state index contributed by atoms with van der Waals surface area (Å²) >= 11 is 4.13. The number of aromatic nitrogens is 1. The second kappa shape index (κ2) is 3.14. The lowest BCUT2D eigenvalue weighted by Gasteiger charge is -2.20. The molecular weight excluding hydrogens is 208 g/mol. The molecule has 0 saturated heterocycles. The lowest BCUT2D eigenvalue weighted by atomic mass is 9.84. The number of hydrogen-bond donors (Lipinski definition) is 2. The Morgan fingerprint density at radius 1 is 1.53 bits per heavy atom. The summed E-state index contributed by atoms with van der Waals surface area (Å²) in [6.45, 7) is 4.15. The molecule has 1 N–H and O–H groups in total. The molecule has 0 fully saturated rings. The molecular formula is C11H12N2OS. The molecule has 0 amide bonds. The molecule has 1 aromatic heterocycles. The van der Waals surface area contributed by atoms with E-state index in [1.807, 2.05) is 0 Å². The highest BCUT2D eigenvalue weighted by molar-refractivity contribution is 7.80. The van der Waals surface area contributed by atoms with Gasteiger partial charge in [-0.3, -0.25) is 0 Å². The van der Waals surface area contributed by atoms with E-state index >= 15 is 0 Å². The maximum Gasteiger partial charge on any atom is 0.215 e. The molecule has 0 bridgehead atoms. The maximum atomic E-state index is 9.69. The zero-order valence-electron chi connectivity index (χ0n) is 8.70. The highest BCUT2D eigenvalue weighted by Crippen LogP contribution is 2.44. The van der Waals surface area contributed by atoms with E-state index in [9.17, 15) is 5.11 Å². The van der Waals surface area contributed by atoms with Crippen LogP contribution in [0.4, 0.5) is 0 Å². The van der Waals surface area contributed by atoms with E-state index < -0.39 is 0 Å². The van der Waals surface area contributed by atoms with Gasteiger partial charge < -0.3 is 5.11 Å². The van der Waals surface area contributed by atoms with Gasteiger partial charge in [0.05, 0.1) is 5.56 Å². The first-order chi connectivity index (χ1) is 6.97. The van der Waals surface area contributed by atoms with Gasteiger partial charge in [0.2, 0.25) is 5.88 Å². The molecule has 0 aromatic carbocycles. The summed E-state index contributed by atoms with van der Waals surface area (Å²) in [6, 6.07) is 2.13. The van der Waals surface area contributed by atoms with Crippen LogP contribution in [-0.4, -0.2) is 10.1 Å². The average Bonchev–Trinajstić information content (AvgIpc) is 2.44. The van der Waals surface area contributed by atoms with Crippen LogP contribution in [0.25, 0.3) is 0 Å². The van der Waals surface area contributed by atoms with Gasteiger partial charge in [-0.25, -0.2) is 4.98 Å². The van der Waals surface area contributed by atoms with Crippen LogP contribution in [0, 0.1) is 11.3 Å². The molecule has 78 valence electrons. The van der Waals surface area contributed by atoms with Crippen molar-refractivity contribution < 1.29 is 5.11 Å². The minimum absolute atomic E-state index is 0.0274. The predicted octanol–water partition coefficient (Wildman–Crippen LogP) is 2.17. The molecule has 0 unspecified atom stereocenters. The van der Waals surface area contributed by atoms with E-state index in [1.54, 1.807) is 0 Å². The molecule has 1 aromatic rings. The van der Waals surface area contributed by atoms with Crippen LogP contribution in [0.2, 0.25) is 0 Å². The van der Waals surface area contributed by atoms with E-state index in [-0.39, 0.29) is 11.3 Å². The summed E-state index contributed by atoms with van der Waals surface area (Å²) in [5.41, 5.74) is 2.17. The summed E-state index contributed by atoms with van der Waals surface area (Å²) in [7, 11) is 0. The van der Waals surface area contributed by atoms with Crippen LogP contribution in [-0.2, 0) is 11.8 Å². The first-order valence-corrected chi connectivity index (χ1v) is 5.27. The largest absolute Gasteiger partial charge is 0.493 e. The van der Waals surface area contributed by atoms with Crippen molar-refractivity contribution in [3.05, 3.63) is 16.7 Å². The van der Waals surface area contributed by atoms with Crippen molar-refractivity contribution in [1.29, 1.82) is 5.26 Å². The Balaban J connectivity index is 2.82. The smallest absolute Gasteiger partial charge is 0.215 e. The molecule has 15 heavy (non-hydrogen) atoms. The second-order valence-corrected chi connectivity index (χ2v) is 4.91. The molecule has 1 heterocycles. The Kier molecular flexibility index (Phi) is 2.16. The number of hydrogen-bond acceptors (Lipinski definition) is 4. The molecule has 1 aliphatic rings. The van der Waals surface area contributed by atoms with Gasteiger partial charge in [-0.2, -0.15) is 5.26 Å². The minimum atomic E-state index is -0.0711. The molecule has 0 aliphatic heterocycles. The van der Waals surface area contributed by atoms with Gasteiger partial charge in [-0.15, -0.1) is 12.6 Å². The van der Waals surface area contributed by atoms with E-state index in [0.717, 1.165) is 24.0 Å².